The van der Waals surface area contributed by atoms with E-state index in [1.54, 1.807) is 6.20 Å². The number of carbonyl (C=O) groups is 1. The number of likely N-dealkylation sites (tertiary alicyclic amines) is 1. The van der Waals surface area contributed by atoms with Crippen LogP contribution in [0.15, 0.2) is 18.3 Å². The van der Waals surface area contributed by atoms with E-state index in [2.05, 4.69) is 23.3 Å². The Morgan fingerprint density at radius 1 is 1.32 bits per heavy atom. The molecule has 0 spiro atoms. The number of pyridine rings is 1. The van der Waals surface area contributed by atoms with Gasteiger partial charge < -0.3 is 10.2 Å². The first kappa shape index (κ1) is 13.8. The van der Waals surface area contributed by atoms with Gasteiger partial charge in [-0.25, -0.2) is 4.79 Å². The Labute approximate surface area is 115 Å². The number of urea groups is 1. The number of rotatable bonds is 3. The fourth-order valence-electron chi connectivity index (χ4n) is 2.50. The van der Waals surface area contributed by atoms with Crippen LogP contribution < -0.4 is 5.32 Å². The first-order chi connectivity index (χ1) is 9.31. The summed E-state index contributed by atoms with van der Waals surface area (Å²) in [6, 6.07) is 4.06. The summed E-state index contributed by atoms with van der Waals surface area (Å²) in [6.45, 7) is 4.40. The van der Waals surface area contributed by atoms with Crippen molar-refractivity contribution in [1.82, 2.24) is 15.2 Å². The number of nitrogens with one attached hydrogen (secondary N) is 1. The van der Waals surface area contributed by atoms with Crippen LogP contribution in [0.2, 0.25) is 0 Å². The number of hydrogen-bond acceptors (Lipinski definition) is 2. The zero-order chi connectivity index (χ0) is 13.5. The molecule has 0 unspecified atom stereocenters. The third kappa shape index (κ3) is 3.94. The average Bonchev–Trinajstić information content (AvgIpc) is 2.74. The van der Waals surface area contributed by atoms with Gasteiger partial charge in [-0.2, -0.15) is 0 Å². The van der Waals surface area contributed by atoms with Gasteiger partial charge in [-0.3, -0.25) is 4.98 Å². The number of amides is 2. The van der Waals surface area contributed by atoms with Gasteiger partial charge >= 0.3 is 6.03 Å². The van der Waals surface area contributed by atoms with Crippen LogP contribution in [0.4, 0.5) is 4.79 Å². The predicted molar refractivity (Wildman–Crippen MR) is 75.9 cm³/mol. The Morgan fingerprint density at radius 2 is 2.05 bits per heavy atom. The highest BCUT2D eigenvalue weighted by Crippen LogP contribution is 2.10. The van der Waals surface area contributed by atoms with E-state index < -0.39 is 0 Å². The fourth-order valence-corrected chi connectivity index (χ4v) is 2.50. The second-order valence-electron chi connectivity index (χ2n) is 5.02. The van der Waals surface area contributed by atoms with E-state index in [0.29, 0.717) is 6.54 Å². The monoisotopic (exact) mass is 261 g/mol. The minimum atomic E-state index is 0.0506. The molecule has 1 N–H and O–H groups in total. The minimum Gasteiger partial charge on any atom is -0.332 e. The van der Waals surface area contributed by atoms with E-state index in [1.165, 1.54) is 18.4 Å². The molecule has 1 aromatic rings. The standard InChI is InChI=1S/C15H23N3O/c1-2-13-8-7-9-16-14(13)12-17-15(19)18-10-5-3-4-6-11-18/h7-9H,2-6,10-12H2,1H3,(H,17,19). The van der Waals surface area contributed by atoms with Crippen molar-refractivity contribution in [3.8, 4) is 0 Å². The summed E-state index contributed by atoms with van der Waals surface area (Å²) in [5.74, 6) is 0. The van der Waals surface area contributed by atoms with Crippen LogP contribution in [0, 0.1) is 0 Å². The zero-order valence-electron chi connectivity index (χ0n) is 11.7. The first-order valence-electron chi connectivity index (χ1n) is 7.27. The molecule has 0 saturated carbocycles. The lowest BCUT2D eigenvalue weighted by molar-refractivity contribution is 0.199. The first-order valence-corrected chi connectivity index (χ1v) is 7.27. The van der Waals surface area contributed by atoms with E-state index in [4.69, 9.17) is 0 Å². The average molecular weight is 261 g/mol. The van der Waals surface area contributed by atoms with E-state index in [1.807, 2.05) is 11.0 Å². The Kier molecular flexibility index (Phi) is 5.19. The number of aryl methyl sites for hydroxylation is 1. The molecular weight excluding hydrogens is 238 g/mol. The maximum absolute atomic E-state index is 12.1. The van der Waals surface area contributed by atoms with Crippen LogP contribution in [0.1, 0.15) is 43.9 Å². The van der Waals surface area contributed by atoms with Crippen LogP contribution in [0.5, 0.6) is 0 Å². The van der Waals surface area contributed by atoms with Crippen molar-refractivity contribution in [2.75, 3.05) is 13.1 Å². The Bertz CT molecular complexity index is 412. The molecule has 1 fully saturated rings. The van der Waals surface area contributed by atoms with Crippen molar-refractivity contribution in [3.63, 3.8) is 0 Å². The second kappa shape index (κ2) is 7.12. The van der Waals surface area contributed by atoms with Crippen LogP contribution in [0.25, 0.3) is 0 Å². The van der Waals surface area contributed by atoms with Crippen molar-refractivity contribution in [3.05, 3.63) is 29.6 Å². The molecule has 0 radical (unpaired) electrons. The quantitative estimate of drug-likeness (QED) is 0.909. The van der Waals surface area contributed by atoms with Crippen molar-refractivity contribution in [2.24, 2.45) is 0 Å². The molecule has 2 heterocycles. The molecule has 0 aliphatic carbocycles. The summed E-state index contributed by atoms with van der Waals surface area (Å²) in [6.07, 6.45) is 7.46. The highest BCUT2D eigenvalue weighted by atomic mass is 16.2. The molecule has 0 bridgehead atoms. The largest absolute Gasteiger partial charge is 0.332 e. The van der Waals surface area contributed by atoms with Gasteiger partial charge in [-0.1, -0.05) is 25.8 Å². The van der Waals surface area contributed by atoms with Crippen LogP contribution in [-0.2, 0) is 13.0 Å². The Hall–Kier alpha value is -1.58. The normalized spacial score (nSPS) is 15.9. The van der Waals surface area contributed by atoms with Crippen molar-refractivity contribution < 1.29 is 4.79 Å². The maximum Gasteiger partial charge on any atom is 0.317 e. The topological polar surface area (TPSA) is 45.2 Å². The molecule has 4 heteroatoms. The van der Waals surface area contributed by atoms with Gasteiger partial charge in [0.05, 0.1) is 12.2 Å². The van der Waals surface area contributed by atoms with Gasteiger partial charge in [0.2, 0.25) is 0 Å². The third-order valence-corrected chi connectivity index (χ3v) is 3.67. The molecule has 0 aromatic carbocycles. The summed E-state index contributed by atoms with van der Waals surface area (Å²) in [4.78, 5) is 18.4. The van der Waals surface area contributed by atoms with Gasteiger partial charge in [0.1, 0.15) is 0 Å². The molecule has 1 aliphatic heterocycles. The summed E-state index contributed by atoms with van der Waals surface area (Å²) >= 11 is 0. The molecule has 2 amide bonds. The lowest BCUT2D eigenvalue weighted by Crippen LogP contribution is -2.40. The van der Waals surface area contributed by atoms with Gasteiger partial charge in [-0.15, -0.1) is 0 Å². The molecule has 4 nitrogen and oxygen atoms in total. The van der Waals surface area contributed by atoms with Crippen LogP contribution >= 0.6 is 0 Å². The maximum atomic E-state index is 12.1. The Morgan fingerprint density at radius 3 is 2.74 bits per heavy atom. The smallest absolute Gasteiger partial charge is 0.317 e. The highest BCUT2D eigenvalue weighted by Gasteiger charge is 2.15. The predicted octanol–water partition coefficient (Wildman–Crippen LogP) is 2.73. The van der Waals surface area contributed by atoms with Gasteiger partial charge in [0.25, 0.3) is 0 Å². The molecule has 2 rings (SSSR count). The van der Waals surface area contributed by atoms with Crippen LogP contribution in [0.3, 0.4) is 0 Å². The lowest BCUT2D eigenvalue weighted by Gasteiger charge is -2.21. The second-order valence-corrected chi connectivity index (χ2v) is 5.02. The van der Waals surface area contributed by atoms with Gasteiger partial charge in [-0.05, 0) is 30.9 Å². The van der Waals surface area contributed by atoms with E-state index in [9.17, 15) is 4.79 Å². The Balaban J connectivity index is 1.88. The van der Waals surface area contributed by atoms with Crippen molar-refractivity contribution >= 4 is 6.03 Å². The van der Waals surface area contributed by atoms with Crippen molar-refractivity contribution in [1.29, 1.82) is 0 Å². The molecule has 0 atom stereocenters. The van der Waals surface area contributed by atoms with E-state index in [-0.39, 0.29) is 6.03 Å². The SMILES string of the molecule is CCc1cccnc1CNC(=O)N1CCCCCC1. The summed E-state index contributed by atoms with van der Waals surface area (Å²) in [5, 5.41) is 3.00. The zero-order valence-corrected chi connectivity index (χ0v) is 11.7. The molecule has 104 valence electrons. The highest BCUT2D eigenvalue weighted by molar-refractivity contribution is 5.74. The number of nitrogens with zero attached hydrogens (tertiary/aromatic N) is 2. The number of aromatic nitrogens is 1. The fraction of sp³-hybridized carbons (Fsp3) is 0.600. The van der Waals surface area contributed by atoms with E-state index in [0.717, 1.165) is 38.0 Å². The summed E-state index contributed by atoms with van der Waals surface area (Å²) < 4.78 is 0. The van der Waals surface area contributed by atoms with Gasteiger partial charge in [0.15, 0.2) is 0 Å². The van der Waals surface area contributed by atoms with Gasteiger partial charge in [0, 0.05) is 19.3 Å². The lowest BCUT2D eigenvalue weighted by atomic mass is 10.1. The third-order valence-electron chi connectivity index (χ3n) is 3.67. The number of carbonyl (C=O) groups excluding carboxylic acids is 1. The minimum absolute atomic E-state index is 0.0506. The molecule has 1 saturated heterocycles. The molecule has 1 aliphatic rings. The molecular formula is C15H23N3O. The summed E-state index contributed by atoms with van der Waals surface area (Å²) in [5.41, 5.74) is 2.19. The van der Waals surface area contributed by atoms with E-state index >= 15 is 0 Å². The van der Waals surface area contributed by atoms with Crippen LogP contribution in [-0.4, -0.2) is 29.0 Å². The molecule has 1 aromatic heterocycles. The number of hydrogen-bond donors (Lipinski definition) is 1. The summed E-state index contributed by atoms with van der Waals surface area (Å²) in [7, 11) is 0. The van der Waals surface area contributed by atoms with Crippen molar-refractivity contribution in [2.45, 2.75) is 45.6 Å². The molecule has 19 heavy (non-hydrogen) atoms.